The second-order valence-electron chi connectivity index (χ2n) is 4.63. The summed E-state index contributed by atoms with van der Waals surface area (Å²) in [6.45, 7) is 3.96. The Kier molecular flexibility index (Phi) is 4.97. The quantitative estimate of drug-likeness (QED) is 0.634. The van der Waals surface area contributed by atoms with E-state index in [0.717, 1.165) is 31.4 Å². The highest BCUT2D eigenvalue weighted by Gasteiger charge is 1.98. The minimum absolute atomic E-state index is 0.276. The molecule has 1 N–H and O–H groups in total. The summed E-state index contributed by atoms with van der Waals surface area (Å²) in [6, 6.07) is 10.5. The van der Waals surface area contributed by atoms with E-state index < -0.39 is 0 Å². The van der Waals surface area contributed by atoms with Gasteiger partial charge in [0.25, 0.3) is 0 Å². The Hall–Kier alpha value is -1.12. The van der Waals surface area contributed by atoms with Gasteiger partial charge in [0.05, 0.1) is 5.52 Å². The summed E-state index contributed by atoms with van der Waals surface area (Å²) in [5, 5.41) is 4.92. The Balaban J connectivity index is 1.84. The number of pyridine rings is 1. The molecule has 0 radical (unpaired) electrons. The van der Waals surface area contributed by atoms with Crippen LogP contribution in [0.3, 0.4) is 0 Å². The Morgan fingerprint density at radius 3 is 3.06 bits per heavy atom. The van der Waals surface area contributed by atoms with E-state index in [2.05, 4.69) is 34.6 Å². The lowest BCUT2D eigenvalue weighted by Crippen LogP contribution is -2.15. The lowest BCUT2D eigenvalue weighted by atomic mass is 10.1. The van der Waals surface area contributed by atoms with Gasteiger partial charge in [0.1, 0.15) is 0 Å². The SMILES string of the molecule is CC(Cl)CCCNCc1ccc2ncccc2c1. The zero-order valence-corrected chi connectivity index (χ0v) is 11.5. The van der Waals surface area contributed by atoms with Crippen molar-refractivity contribution in [2.45, 2.75) is 31.7 Å². The van der Waals surface area contributed by atoms with E-state index in [4.69, 9.17) is 11.6 Å². The number of benzene rings is 1. The van der Waals surface area contributed by atoms with Crippen LogP contribution in [0, 0.1) is 0 Å². The summed E-state index contributed by atoms with van der Waals surface area (Å²) in [4.78, 5) is 4.32. The molecule has 0 bridgehead atoms. The van der Waals surface area contributed by atoms with Crippen LogP contribution in [-0.2, 0) is 6.54 Å². The van der Waals surface area contributed by atoms with E-state index in [1.807, 2.05) is 19.2 Å². The van der Waals surface area contributed by atoms with E-state index in [0.29, 0.717) is 0 Å². The van der Waals surface area contributed by atoms with E-state index in [-0.39, 0.29) is 5.38 Å². The number of hydrogen-bond acceptors (Lipinski definition) is 2. The van der Waals surface area contributed by atoms with Crippen molar-refractivity contribution in [2.24, 2.45) is 0 Å². The second kappa shape index (κ2) is 6.72. The molecule has 2 aromatic rings. The van der Waals surface area contributed by atoms with Crippen LogP contribution in [0.4, 0.5) is 0 Å². The van der Waals surface area contributed by atoms with Crippen LogP contribution in [-0.4, -0.2) is 16.9 Å². The van der Waals surface area contributed by atoms with Crippen molar-refractivity contribution in [1.29, 1.82) is 0 Å². The van der Waals surface area contributed by atoms with Crippen molar-refractivity contribution in [3.63, 3.8) is 0 Å². The topological polar surface area (TPSA) is 24.9 Å². The van der Waals surface area contributed by atoms with Gasteiger partial charge in [0.15, 0.2) is 0 Å². The molecular weight excluding hydrogens is 244 g/mol. The van der Waals surface area contributed by atoms with Gasteiger partial charge in [0, 0.05) is 23.5 Å². The van der Waals surface area contributed by atoms with Crippen LogP contribution >= 0.6 is 11.6 Å². The van der Waals surface area contributed by atoms with Gasteiger partial charge in [-0.2, -0.15) is 0 Å². The third kappa shape index (κ3) is 3.97. The second-order valence-corrected chi connectivity index (χ2v) is 5.38. The fourth-order valence-corrected chi connectivity index (χ4v) is 2.13. The largest absolute Gasteiger partial charge is 0.313 e. The van der Waals surface area contributed by atoms with E-state index in [1.165, 1.54) is 10.9 Å². The number of halogens is 1. The summed E-state index contributed by atoms with van der Waals surface area (Å²) in [5.74, 6) is 0. The molecule has 2 rings (SSSR count). The number of alkyl halides is 1. The van der Waals surface area contributed by atoms with Gasteiger partial charge in [-0.1, -0.05) is 12.1 Å². The molecule has 0 saturated carbocycles. The fraction of sp³-hybridized carbons (Fsp3) is 0.400. The normalized spacial score (nSPS) is 12.8. The van der Waals surface area contributed by atoms with Crippen molar-refractivity contribution in [3.8, 4) is 0 Å². The van der Waals surface area contributed by atoms with E-state index in [1.54, 1.807) is 0 Å². The fourth-order valence-electron chi connectivity index (χ4n) is 1.98. The minimum Gasteiger partial charge on any atom is -0.313 e. The first-order valence-electron chi connectivity index (χ1n) is 6.44. The molecule has 0 saturated heterocycles. The van der Waals surface area contributed by atoms with Crippen molar-refractivity contribution < 1.29 is 0 Å². The number of hydrogen-bond donors (Lipinski definition) is 1. The molecule has 1 atom stereocenters. The van der Waals surface area contributed by atoms with Gasteiger partial charge >= 0.3 is 0 Å². The third-order valence-corrected chi connectivity index (χ3v) is 3.17. The van der Waals surface area contributed by atoms with Crippen LogP contribution in [0.1, 0.15) is 25.3 Å². The van der Waals surface area contributed by atoms with Crippen LogP contribution in [0.25, 0.3) is 10.9 Å². The maximum atomic E-state index is 5.90. The molecule has 0 aliphatic rings. The van der Waals surface area contributed by atoms with Crippen LogP contribution in [0.5, 0.6) is 0 Å². The molecule has 18 heavy (non-hydrogen) atoms. The first kappa shape index (κ1) is 13.3. The monoisotopic (exact) mass is 262 g/mol. The summed E-state index contributed by atoms with van der Waals surface area (Å²) < 4.78 is 0. The molecule has 1 aromatic heterocycles. The summed E-state index contributed by atoms with van der Waals surface area (Å²) in [5.41, 5.74) is 2.35. The molecule has 0 aliphatic heterocycles. The van der Waals surface area contributed by atoms with Crippen molar-refractivity contribution in [1.82, 2.24) is 10.3 Å². The number of nitrogens with one attached hydrogen (secondary N) is 1. The number of rotatable bonds is 6. The minimum atomic E-state index is 0.276. The lowest BCUT2D eigenvalue weighted by Gasteiger charge is -2.06. The number of nitrogens with zero attached hydrogens (tertiary/aromatic N) is 1. The standard InChI is InChI=1S/C15H19ClN2/c1-12(16)4-2-8-17-11-13-6-7-15-14(10-13)5-3-9-18-15/h3,5-7,9-10,12,17H,2,4,8,11H2,1H3. The molecule has 96 valence electrons. The van der Waals surface area contributed by atoms with Gasteiger partial charge in [-0.25, -0.2) is 0 Å². The first-order valence-corrected chi connectivity index (χ1v) is 6.88. The van der Waals surface area contributed by atoms with E-state index in [9.17, 15) is 0 Å². The molecule has 0 fully saturated rings. The van der Waals surface area contributed by atoms with Gasteiger partial charge in [-0.3, -0.25) is 4.98 Å². The predicted molar refractivity (Wildman–Crippen MR) is 78.0 cm³/mol. The average molecular weight is 263 g/mol. The smallest absolute Gasteiger partial charge is 0.0702 e. The third-order valence-electron chi connectivity index (χ3n) is 2.95. The lowest BCUT2D eigenvalue weighted by molar-refractivity contribution is 0.619. The predicted octanol–water partition coefficient (Wildman–Crippen LogP) is 3.73. The molecule has 3 heteroatoms. The summed E-state index contributed by atoms with van der Waals surface area (Å²) in [6.07, 6.45) is 4.02. The highest BCUT2D eigenvalue weighted by atomic mass is 35.5. The van der Waals surface area contributed by atoms with Crippen LogP contribution < -0.4 is 5.32 Å². The molecule has 0 aliphatic carbocycles. The van der Waals surface area contributed by atoms with Gasteiger partial charge in [0.2, 0.25) is 0 Å². The molecule has 1 heterocycles. The van der Waals surface area contributed by atoms with Gasteiger partial charge in [-0.05, 0) is 50.1 Å². The molecule has 0 amide bonds. The highest BCUT2D eigenvalue weighted by molar-refractivity contribution is 6.20. The van der Waals surface area contributed by atoms with Gasteiger partial charge < -0.3 is 5.32 Å². The van der Waals surface area contributed by atoms with Crippen molar-refractivity contribution in [3.05, 3.63) is 42.1 Å². The molecule has 0 spiro atoms. The summed E-state index contributed by atoms with van der Waals surface area (Å²) >= 11 is 5.90. The van der Waals surface area contributed by atoms with Crippen molar-refractivity contribution >= 4 is 22.5 Å². The van der Waals surface area contributed by atoms with Crippen LogP contribution in [0.2, 0.25) is 0 Å². The molecule has 2 nitrogen and oxygen atoms in total. The number of fused-ring (bicyclic) bond motifs is 1. The Morgan fingerprint density at radius 1 is 1.33 bits per heavy atom. The van der Waals surface area contributed by atoms with Crippen LogP contribution in [0.15, 0.2) is 36.5 Å². The summed E-state index contributed by atoms with van der Waals surface area (Å²) in [7, 11) is 0. The molecular formula is C15H19ClN2. The van der Waals surface area contributed by atoms with Crippen molar-refractivity contribution in [2.75, 3.05) is 6.54 Å². The molecule has 1 aromatic carbocycles. The van der Waals surface area contributed by atoms with Gasteiger partial charge in [-0.15, -0.1) is 11.6 Å². The zero-order chi connectivity index (χ0) is 12.8. The Labute approximate surface area is 113 Å². The number of aromatic nitrogens is 1. The maximum absolute atomic E-state index is 5.90. The average Bonchev–Trinajstić information content (AvgIpc) is 2.38. The molecule has 1 unspecified atom stereocenters. The first-order chi connectivity index (χ1) is 8.75. The zero-order valence-electron chi connectivity index (χ0n) is 10.7. The Bertz CT molecular complexity index is 497. The highest BCUT2D eigenvalue weighted by Crippen LogP contribution is 2.13. The maximum Gasteiger partial charge on any atom is 0.0702 e. The van der Waals surface area contributed by atoms with E-state index >= 15 is 0 Å². The Morgan fingerprint density at radius 2 is 2.22 bits per heavy atom.